The van der Waals surface area contributed by atoms with Crippen LogP contribution in [0.2, 0.25) is 0 Å². The summed E-state index contributed by atoms with van der Waals surface area (Å²) >= 11 is 1.51. The standard InChI is InChI=1S/C26H32N2O5S/c1-16(2)14-23(24(29)27-22(25(30)31)12-13-34-3)28-26(32)33-15-21-19-10-6-4-8-17(19)18-9-5-7-11-20(18)21/h4-11,16,21-23H,12-15H2,1-3H3,(H,27,29)(H,28,32)(H,30,31)/t22-,23-/m0/s1. The van der Waals surface area contributed by atoms with Crippen molar-refractivity contribution in [1.82, 2.24) is 10.6 Å². The van der Waals surface area contributed by atoms with Gasteiger partial charge in [-0.15, -0.1) is 0 Å². The van der Waals surface area contributed by atoms with Crippen LogP contribution in [0, 0.1) is 5.92 Å². The first-order valence-electron chi connectivity index (χ1n) is 11.5. The Bertz CT molecular complexity index is 980. The van der Waals surface area contributed by atoms with Crippen molar-refractivity contribution in [2.24, 2.45) is 5.92 Å². The molecule has 2 amide bonds. The SMILES string of the molecule is CSCC[C@H](NC(=O)[C@H](CC(C)C)NC(=O)OCC1c2ccccc2-c2ccccc21)C(=O)O. The van der Waals surface area contributed by atoms with Crippen LogP contribution in [0.25, 0.3) is 11.1 Å². The summed E-state index contributed by atoms with van der Waals surface area (Å²) in [6, 6.07) is 14.2. The lowest BCUT2D eigenvalue weighted by atomic mass is 9.98. The molecule has 0 saturated heterocycles. The molecule has 0 saturated carbocycles. The first-order chi connectivity index (χ1) is 16.3. The van der Waals surface area contributed by atoms with E-state index in [-0.39, 0.29) is 18.4 Å². The maximum atomic E-state index is 12.8. The zero-order chi connectivity index (χ0) is 24.7. The number of ether oxygens (including phenoxy) is 1. The average Bonchev–Trinajstić information content (AvgIpc) is 3.13. The Morgan fingerprint density at radius 3 is 2.09 bits per heavy atom. The molecule has 0 aromatic heterocycles. The summed E-state index contributed by atoms with van der Waals surface area (Å²) in [5.41, 5.74) is 4.47. The van der Waals surface area contributed by atoms with Crippen LogP contribution in [0.3, 0.4) is 0 Å². The number of carboxylic acids is 1. The van der Waals surface area contributed by atoms with E-state index in [2.05, 4.69) is 22.8 Å². The highest BCUT2D eigenvalue weighted by atomic mass is 32.2. The van der Waals surface area contributed by atoms with Gasteiger partial charge in [-0.3, -0.25) is 4.79 Å². The molecule has 7 nitrogen and oxygen atoms in total. The number of benzene rings is 2. The van der Waals surface area contributed by atoms with Crippen LogP contribution in [-0.2, 0) is 14.3 Å². The minimum Gasteiger partial charge on any atom is -0.480 e. The number of carboxylic acid groups (broad SMARTS) is 1. The zero-order valence-electron chi connectivity index (χ0n) is 19.7. The van der Waals surface area contributed by atoms with Gasteiger partial charge in [0.15, 0.2) is 0 Å². The van der Waals surface area contributed by atoms with E-state index in [0.717, 1.165) is 22.3 Å². The minimum absolute atomic E-state index is 0.0848. The van der Waals surface area contributed by atoms with Gasteiger partial charge in [0.05, 0.1) is 0 Å². The van der Waals surface area contributed by atoms with Crippen LogP contribution in [0.5, 0.6) is 0 Å². The van der Waals surface area contributed by atoms with Crippen molar-refractivity contribution in [2.45, 2.75) is 44.7 Å². The number of thioether (sulfide) groups is 1. The molecule has 3 N–H and O–H groups in total. The highest BCUT2D eigenvalue weighted by Crippen LogP contribution is 2.44. The summed E-state index contributed by atoms with van der Waals surface area (Å²) in [4.78, 5) is 37.0. The van der Waals surface area contributed by atoms with Gasteiger partial charge < -0.3 is 20.5 Å². The topological polar surface area (TPSA) is 105 Å². The largest absolute Gasteiger partial charge is 0.480 e. The van der Waals surface area contributed by atoms with E-state index in [9.17, 15) is 19.5 Å². The summed E-state index contributed by atoms with van der Waals surface area (Å²) < 4.78 is 5.57. The third-order valence-corrected chi connectivity index (χ3v) is 6.53. The highest BCUT2D eigenvalue weighted by molar-refractivity contribution is 7.98. The quantitative estimate of drug-likeness (QED) is 0.440. The Balaban J connectivity index is 1.65. The van der Waals surface area contributed by atoms with Crippen molar-refractivity contribution in [1.29, 1.82) is 0 Å². The van der Waals surface area contributed by atoms with Gasteiger partial charge in [-0.05, 0) is 53.0 Å². The second-order valence-corrected chi connectivity index (χ2v) is 9.82. The average molecular weight is 485 g/mol. The number of amides is 2. The van der Waals surface area contributed by atoms with Crippen LogP contribution in [-0.4, -0.2) is 53.8 Å². The molecule has 1 aliphatic rings. The third-order valence-electron chi connectivity index (χ3n) is 5.88. The van der Waals surface area contributed by atoms with Crippen molar-refractivity contribution < 1.29 is 24.2 Å². The Morgan fingerprint density at radius 2 is 1.56 bits per heavy atom. The van der Waals surface area contributed by atoms with E-state index in [0.29, 0.717) is 18.6 Å². The number of fused-ring (bicyclic) bond motifs is 3. The van der Waals surface area contributed by atoms with Crippen LogP contribution >= 0.6 is 11.8 Å². The van der Waals surface area contributed by atoms with Crippen molar-refractivity contribution in [3.8, 4) is 11.1 Å². The highest BCUT2D eigenvalue weighted by Gasteiger charge is 2.31. The summed E-state index contributed by atoms with van der Waals surface area (Å²) in [5, 5.41) is 14.6. The van der Waals surface area contributed by atoms with E-state index in [1.807, 2.05) is 56.5 Å². The van der Waals surface area contributed by atoms with Gasteiger partial charge in [-0.2, -0.15) is 11.8 Å². The molecule has 34 heavy (non-hydrogen) atoms. The van der Waals surface area contributed by atoms with Gasteiger partial charge >= 0.3 is 12.1 Å². The molecule has 0 aliphatic heterocycles. The predicted molar refractivity (Wildman–Crippen MR) is 134 cm³/mol. The van der Waals surface area contributed by atoms with Gasteiger partial charge in [0, 0.05) is 5.92 Å². The summed E-state index contributed by atoms with van der Waals surface area (Å²) in [7, 11) is 0. The number of hydrogen-bond donors (Lipinski definition) is 3. The van der Waals surface area contributed by atoms with Crippen LogP contribution < -0.4 is 10.6 Å². The second kappa shape index (κ2) is 11.9. The molecule has 8 heteroatoms. The van der Waals surface area contributed by atoms with Crippen LogP contribution in [0.4, 0.5) is 4.79 Å². The Hall–Kier alpha value is -3.00. The van der Waals surface area contributed by atoms with Crippen LogP contribution in [0.1, 0.15) is 43.7 Å². The van der Waals surface area contributed by atoms with Gasteiger partial charge in [0.2, 0.25) is 5.91 Å². The van der Waals surface area contributed by atoms with Crippen molar-refractivity contribution >= 4 is 29.7 Å². The van der Waals surface area contributed by atoms with Crippen molar-refractivity contribution in [3.63, 3.8) is 0 Å². The van der Waals surface area contributed by atoms with E-state index >= 15 is 0 Å². The number of aliphatic carboxylic acids is 1. The molecular weight excluding hydrogens is 452 g/mol. The number of carbonyl (C=O) groups is 3. The van der Waals surface area contributed by atoms with Gasteiger partial charge in [0.1, 0.15) is 18.7 Å². The van der Waals surface area contributed by atoms with Gasteiger partial charge in [-0.1, -0.05) is 62.4 Å². The molecule has 0 spiro atoms. The molecule has 0 bridgehead atoms. The molecule has 0 radical (unpaired) electrons. The number of hydrogen-bond acceptors (Lipinski definition) is 5. The lowest BCUT2D eigenvalue weighted by Gasteiger charge is -2.23. The number of alkyl carbamates (subject to hydrolysis) is 1. The maximum Gasteiger partial charge on any atom is 0.407 e. The molecule has 182 valence electrons. The second-order valence-electron chi connectivity index (χ2n) is 8.83. The molecule has 2 atom stereocenters. The smallest absolute Gasteiger partial charge is 0.407 e. The first-order valence-corrected chi connectivity index (χ1v) is 12.8. The lowest BCUT2D eigenvalue weighted by Crippen LogP contribution is -2.52. The number of carbonyl (C=O) groups excluding carboxylic acids is 2. The summed E-state index contributed by atoms with van der Waals surface area (Å²) in [6.07, 6.45) is 1.85. The minimum atomic E-state index is -1.09. The molecule has 0 unspecified atom stereocenters. The molecule has 2 aromatic carbocycles. The number of nitrogens with one attached hydrogen (secondary N) is 2. The van der Waals surface area contributed by atoms with Gasteiger partial charge in [0.25, 0.3) is 0 Å². The fourth-order valence-corrected chi connectivity index (χ4v) is 4.72. The van der Waals surface area contributed by atoms with Gasteiger partial charge in [-0.25, -0.2) is 9.59 Å². The number of rotatable bonds is 11. The Morgan fingerprint density at radius 1 is 0.971 bits per heavy atom. The fourth-order valence-electron chi connectivity index (χ4n) is 4.25. The molecule has 2 aromatic rings. The normalized spacial score (nSPS) is 14.1. The molecule has 0 fully saturated rings. The van der Waals surface area contributed by atoms with Crippen LogP contribution in [0.15, 0.2) is 48.5 Å². The monoisotopic (exact) mass is 484 g/mol. The molecule has 1 aliphatic carbocycles. The van der Waals surface area contributed by atoms with Crippen molar-refractivity contribution in [2.75, 3.05) is 18.6 Å². The van der Waals surface area contributed by atoms with E-state index in [1.54, 1.807) is 0 Å². The summed E-state index contributed by atoms with van der Waals surface area (Å²) in [6.45, 7) is 4.01. The predicted octanol–water partition coefficient (Wildman–Crippen LogP) is 4.26. The lowest BCUT2D eigenvalue weighted by molar-refractivity contribution is -0.142. The van der Waals surface area contributed by atoms with Crippen molar-refractivity contribution in [3.05, 3.63) is 59.7 Å². The van der Waals surface area contributed by atoms with E-state index in [1.165, 1.54) is 11.8 Å². The maximum absolute atomic E-state index is 12.8. The molecule has 0 heterocycles. The van der Waals surface area contributed by atoms with E-state index < -0.39 is 30.1 Å². The fraction of sp³-hybridized carbons (Fsp3) is 0.423. The Labute approximate surface area is 204 Å². The third kappa shape index (κ3) is 6.32. The Kier molecular flexibility index (Phi) is 8.98. The molecular formula is C26H32N2O5S. The zero-order valence-corrected chi connectivity index (χ0v) is 20.6. The molecule has 3 rings (SSSR count). The first kappa shape index (κ1) is 25.6. The van der Waals surface area contributed by atoms with E-state index in [4.69, 9.17) is 4.74 Å². The summed E-state index contributed by atoms with van der Waals surface area (Å²) in [5.74, 6) is -0.980.